The molecule has 3 N–H and O–H groups in total. The number of carbonyl (C=O) groups excluding carboxylic acids is 1. The normalized spacial score (nSPS) is 10.8. The number of aromatic amines is 1. The van der Waals surface area contributed by atoms with Crippen LogP contribution in [0, 0.1) is 6.92 Å². The molecule has 0 aliphatic heterocycles. The lowest BCUT2D eigenvalue weighted by molar-refractivity contribution is 0.0942. The number of rotatable bonds is 4. The molecule has 0 saturated heterocycles. The molecule has 0 aliphatic carbocycles. The molecule has 0 saturated carbocycles. The van der Waals surface area contributed by atoms with Crippen LogP contribution in [0.5, 0.6) is 5.75 Å². The summed E-state index contributed by atoms with van der Waals surface area (Å²) in [6, 6.07) is 3.57. The predicted octanol–water partition coefficient (Wildman–Crippen LogP) is 1.18. The number of hydrogen-bond acceptors (Lipinski definition) is 6. The van der Waals surface area contributed by atoms with E-state index < -0.39 is 17.2 Å². The highest BCUT2D eigenvalue weighted by molar-refractivity contribution is 7.13. The molecule has 0 spiro atoms. The van der Waals surface area contributed by atoms with Crippen LogP contribution in [-0.4, -0.2) is 30.8 Å². The Bertz CT molecular complexity index is 943. The molecule has 9 heteroatoms. The maximum Gasteiger partial charge on any atom is 0.294 e. The summed E-state index contributed by atoms with van der Waals surface area (Å²) >= 11 is 1.37. The molecule has 0 unspecified atom stereocenters. The van der Waals surface area contributed by atoms with Crippen molar-refractivity contribution in [1.29, 1.82) is 0 Å². The van der Waals surface area contributed by atoms with Gasteiger partial charge in [-0.05, 0) is 18.4 Å². The highest BCUT2D eigenvalue weighted by Crippen LogP contribution is 2.21. The minimum absolute atomic E-state index is 0.223. The summed E-state index contributed by atoms with van der Waals surface area (Å²) in [6.45, 7) is 2.10. The Labute approximate surface area is 140 Å². The average molecular weight is 345 g/mol. The van der Waals surface area contributed by atoms with Gasteiger partial charge in [0.05, 0.1) is 11.1 Å². The van der Waals surface area contributed by atoms with Crippen molar-refractivity contribution in [2.24, 2.45) is 7.05 Å². The van der Waals surface area contributed by atoms with E-state index >= 15 is 0 Å². The topological polar surface area (TPSA) is 113 Å². The van der Waals surface area contributed by atoms with Gasteiger partial charge in [-0.2, -0.15) is 5.10 Å². The number of nitrogens with zero attached hydrogens (tertiary/aromatic N) is 3. The lowest BCUT2D eigenvalue weighted by Crippen LogP contribution is -2.26. The fourth-order valence-corrected chi connectivity index (χ4v) is 2.80. The van der Waals surface area contributed by atoms with Crippen molar-refractivity contribution < 1.29 is 9.90 Å². The van der Waals surface area contributed by atoms with Gasteiger partial charge in [-0.1, -0.05) is 6.07 Å². The molecular formula is C15H15N5O3S. The minimum Gasteiger partial charge on any atom is -0.501 e. The molecular weight excluding hydrogens is 330 g/mol. The van der Waals surface area contributed by atoms with E-state index in [0.717, 1.165) is 11.3 Å². The highest BCUT2D eigenvalue weighted by atomic mass is 32.1. The van der Waals surface area contributed by atoms with Crippen LogP contribution in [0.3, 0.4) is 0 Å². The van der Waals surface area contributed by atoms with Crippen molar-refractivity contribution in [2.45, 2.75) is 13.5 Å². The van der Waals surface area contributed by atoms with Gasteiger partial charge in [-0.25, -0.2) is 4.98 Å². The molecule has 8 nitrogen and oxygen atoms in total. The van der Waals surface area contributed by atoms with Gasteiger partial charge in [-0.3, -0.25) is 14.3 Å². The largest absolute Gasteiger partial charge is 0.501 e. The Morgan fingerprint density at radius 1 is 1.50 bits per heavy atom. The summed E-state index contributed by atoms with van der Waals surface area (Å²) in [5.74, 6) is -1.08. The number of H-pyrrole nitrogens is 1. The maximum atomic E-state index is 12.3. The van der Waals surface area contributed by atoms with Gasteiger partial charge < -0.3 is 15.4 Å². The van der Waals surface area contributed by atoms with Gasteiger partial charge in [0.15, 0.2) is 11.5 Å². The fraction of sp³-hybridized carbons (Fsp3) is 0.200. The quantitative estimate of drug-likeness (QED) is 0.657. The second-order valence-electron chi connectivity index (χ2n) is 5.15. The number of amides is 1. The van der Waals surface area contributed by atoms with E-state index in [1.54, 1.807) is 30.1 Å². The number of nitrogens with one attached hydrogen (secondary N) is 2. The Morgan fingerprint density at radius 2 is 2.29 bits per heavy atom. The Hall–Kier alpha value is -2.94. The molecule has 0 bridgehead atoms. The van der Waals surface area contributed by atoms with Crippen LogP contribution in [0.1, 0.15) is 21.7 Å². The van der Waals surface area contributed by atoms with Crippen LogP contribution < -0.4 is 10.9 Å². The van der Waals surface area contributed by atoms with E-state index in [1.807, 2.05) is 12.3 Å². The zero-order valence-corrected chi connectivity index (χ0v) is 13.8. The van der Waals surface area contributed by atoms with Gasteiger partial charge in [0.2, 0.25) is 5.75 Å². The smallest absolute Gasteiger partial charge is 0.294 e. The number of hydrogen-bond donors (Lipinski definition) is 3. The Balaban J connectivity index is 1.86. The third-order valence-electron chi connectivity index (χ3n) is 3.64. The molecule has 0 aromatic carbocycles. The van der Waals surface area contributed by atoms with E-state index in [4.69, 9.17) is 0 Å². The molecule has 0 radical (unpaired) electrons. The van der Waals surface area contributed by atoms with Crippen LogP contribution in [-0.2, 0) is 13.6 Å². The summed E-state index contributed by atoms with van der Waals surface area (Å²) in [5.41, 5.74) is 0.700. The summed E-state index contributed by atoms with van der Waals surface area (Å²) in [4.78, 5) is 31.4. The SMILES string of the molecule is Cc1c(CNC(=O)c2nc(-c3cccs3)[nH]c(=O)c2O)cnn1C. The number of carbonyl (C=O) groups is 1. The monoisotopic (exact) mass is 345 g/mol. The van der Waals surface area contributed by atoms with Crippen molar-refractivity contribution in [1.82, 2.24) is 25.1 Å². The standard InChI is InChI=1S/C15H15N5O3S/c1-8-9(7-17-20(8)2)6-16-14(22)11-12(21)15(23)19-13(18-11)10-4-3-5-24-10/h3-5,7,21H,6H2,1-2H3,(H,16,22)(H,18,19,23). The van der Waals surface area contributed by atoms with Crippen molar-refractivity contribution in [3.8, 4) is 16.5 Å². The number of aromatic hydroxyl groups is 1. The summed E-state index contributed by atoms with van der Waals surface area (Å²) < 4.78 is 1.69. The first kappa shape index (κ1) is 15.9. The summed E-state index contributed by atoms with van der Waals surface area (Å²) in [6.07, 6.45) is 1.65. The number of aromatic nitrogens is 4. The van der Waals surface area contributed by atoms with Crippen LogP contribution in [0.25, 0.3) is 10.7 Å². The molecule has 1 amide bonds. The molecule has 24 heavy (non-hydrogen) atoms. The third-order valence-corrected chi connectivity index (χ3v) is 4.52. The van der Waals surface area contributed by atoms with Gasteiger partial charge in [0.1, 0.15) is 0 Å². The fourth-order valence-electron chi connectivity index (χ4n) is 2.13. The van der Waals surface area contributed by atoms with Gasteiger partial charge >= 0.3 is 0 Å². The predicted molar refractivity (Wildman–Crippen MR) is 89.0 cm³/mol. The van der Waals surface area contributed by atoms with Gasteiger partial charge in [0.25, 0.3) is 11.5 Å². The first-order valence-electron chi connectivity index (χ1n) is 7.10. The highest BCUT2D eigenvalue weighted by Gasteiger charge is 2.19. The van der Waals surface area contributed by atoms with Gasteiger partial charge in [-0.15, -0.1) is 11.3 Å². The van der Waals surface area contributed by atoms with Crippen LogP contribution in [0.15, 0.2) is 28.5 Å². The molecule has 3 heterocycles. The summed E-state index contributed by atoms with van der Waals surface area (Å²) in [7, 11) is 1.80. The molecule has 3 aromatic rings. The van der Waals surface area contributed by atoms with Gasteiger partial charge in [0, 0.05) is 24.8 Å². The first-order valence-corrected chi connectivity index (χ1v) is 7.98. The van der Waals surface area contributed by atoms with E-state index in [9.17, 15) is 14.7 Å². The van der Waals surface area contributed by atoms with E-state index in [-0.39, 0.29) is 18.1 Å². The molecule has 0 aliphatic rings. The Kier molecular flexibility index (Phi) is 4.17. The van der Waals surface area contributed by atoms with Crippen molar-refractivity contribution in [3.05, 3.63) is 51.0 Å². The lowest BCUT2D eigenvalue weighted by Gasteiger charge is -2.07. The lowest BCUT2D eigenvalue weighted by atomic mass is 10.2. The van der Waals surface area contributed by atoms with E-state index in [2.05, 4.69) is 20.4 Å². The van der Waals surface area contributed by atoms with E-state index in [1.165, 1.54) is 11.3 Å². The molecule has 0 atom stereocenters. The first-order chi connectivity index (χ1) is 11.5. The minimum atomic E-state index is -0.754. The van der Waals surface area contributed by atoms with Crippen LogP contribution >= 0.6 is 11.3 Å². The summed E-state index contributed by atoms with van der Waals surface area (Å²) in [5, 5.41) is 18.4. The number of thiophene rings is 1. The maximum absolute atomic E-state index is 12.3. The van der Waals surface area contributed by atoms with Crippen LogP contribution in [0.4, 0.5) is 0 Å². The molecule has 124 valence electrons. The zero-order chi connectivity index (χ0) is 17.3. The zero-order valence-electron chi connectivity index (χ0n) is 13.0. The second kappa shape index (κ2) is 6.28. The van der Waals surface area contributed by atoms with Crippen molar-refractivity contribution >= 4 is 17.2 Å². The Morgan fingerprint density at radius 3 is 2.92 bits per heavy atom. The number of aryl methyl sites for hydroxylation is 1. The molecule has 0 fully saturated rings. The third kappa shape index (κ3) is 2.93. The average Bonchev–Trinajstić information content (AvgIpc) is 3.20. The van der Waals surface area contributed by atoms with Crippen molar-refractivity contribution in [2.75, 3.05) is 0 Å². The second-order valence-corrected chi connectivity index (χ2v) is 6.10. The molecule has 3 rings (SSSR count). The van der Waals surface area contributed by atoms with E-state index in [0.29, 0.717) is 4.88 Å². The molecule has 3 aromatic heterocycles. The van der Waals surface area contributed by atoms with Crippen molar-refractivity contribution in [3.63, 3.8) is 0 Å². The van der Waals surface area contributed by atoms with Crippen LogP contribution in [0.2, 0.25) is 0 Å².